The summed E-state index contributed by atoms with van der Waals surface area (Å²) in [6.45, 7) is 10.8. The Hall–Kier alpha value is -1.71. The summed E-state index contributed by atoms with van der Waals surface area (Å²) in [5, 5.41) is 7.36. The van der Waals surface area contributed by atoms with Crippen LogP contribution in [0.25, 0.3) is 11.5 Å². The van der Waals surface area contributed by atoms with Gasteiger partial charge in [0.25, 0.3) is 0 Å². The van der Waals surface area contributed by atoms with Crippen LogP contribution in [0, 0.1) is 12.3 Å². The van der Waals surface area contributed by atoms with Gasteiger partial charge in [0.2, 0.25) is 0 Å². The van der Waals surface area contributed by atoms with E-state index in [9.17, 15) is 0 Å². The molecule has 2 rings (SSSR count). The van der Waals surface area contributed by atoms with E-state index in [0.29, 0.717) is 5.82 Å². The average molecular weight is 258 g/mol. The van der Waals surface area contributed by atoms with E-state index in [1.165, 1.54) is 5.56 Å². The van der Waals surface area contributed by atoms with Gasteiger partial charge in [0.05, 0.1) is 0 Å². The van der Waals surface area contributed by atoms with Crippen LogP contribution in [0.3, 0.4) is 0 Å². The molecule has 0 bridgehead atoms. The molecule has 2 aromatic heterocycles. The van der Waals surface area contributed by atoms with Crippen LogP contribution in [-0.2, 0) is 12.8 Å². The van der Waals surface area contributed by atoms with Crippen molar-refractivity contribution in [3.63, 3.8) is 0 Å². The lowest BCUT2D eigenvalue weighted by molar-refractivity contribution is 0.410. The van der Waals surface area contributed by atoms with E-state index in [4.69, 9.17) is 0 Å². The third-order valence-corrected chi connectivity index (χ3v) is 3.12. The lowest BCUT2D eigenvalue weighted by Gasteiger charge is -2.17. The van der Waals surface area contributed by atoms with Crippen LogP contribution in [-0.4, -0.2) is 20.2 Å². The van der Waals surface area contributed by atoms with Gasteiger partial charge in [0.1, 0.15) is 5.69 Å². The van der Waals surface area contributed by atoms with Crippen LogP contribution >= 0.6 is 0 Å². The molecule has 0 spiro atoms. The zero-order valence-corrected chi connectivity index (χ0v) is 12.4. The maximum Gasteiger partial charge on any atom is 0.180 e. The fraction of sp³-hybridized carbons (Fsp3) is 0.533. The first-order valence-electron chi connectivity index (χ1n) is 6.76. The summed E-state index contributed by atoms with van der Waals surface area (Å²) in [7, 11) is 0. The summed E-state index contributed by atoms with van der Waals surface area (Å²) < 4.78 is 0. The van der Waals surface area contributed by atoms with Crippen molar-refractivity contribution in [1.82, 2.24) is 20.2 Å². The number of aryl methyl sites for hydroxylation is 1. The van der Waals surface area contributed by atoms with E-state index in [2.05, 4.69) is 54.8 Å². The molecule has 4 nitrogen and oxygen atoms in total. The molecule has 2 heterocycles. The van der Waals surface area contributed by atoms with Gasteiger partial charge in [-0.25, -0.2) is 9.97 Å². The third-order valence-electron chi connectivity index (χ3n) is 3.12. The summed E-state index contributed by atoms with van der Waals surface area (Å²) in [6, 6.07) is 0. The summed E-state index contributed by atoms with van der Waals surface area (Å²) in [6.07, 6.45) is 5.74. The molecule has 0 fully saturated rings. The van der Waals surface area contributed by atoms with Gasteiger partial charge in [-0.1, -0.05) is 27.7 Å². The monoisotopic (exact) mass is 258 g/mol. The summed E-state index contributed by atoms with van der Waals surface area (Å²) in [5.74, 6) is 0.700. The number of hydrogen-bond acceptors (Lipinski definition) is 3. The Morgan fingerprint density at radius 1 is 1.16 bits per heavy atom. The molecule has 0 atom stereocenters. The summed E-state index contributed by atoms with van der Waals surface area (Å²) in [5.41, 5.74) is 4.57. The zero-order valence-electron chi connectivity index (χ0n) is 12.4. The number of H-pyrrole nitrogens is 1. The van der Waals surface area contributed by atoms with E-state index in [1.54, 1.807) is 0 Å². The molecule has 0 aliphatic carbocycles. The molecule has 102 valence electrons. The first-order chi connectivity index (χ1) is 8.90. The molecule has 0 unspecified atom stereocenters. The Bertz CT molecular complexity index is 547. The second kappa shape index (κ2) is 5.11. The maximum atomic E-state index is 4.45. The first-order valence-corrected chi connectivity index (χ1v) is 6.76. The van der Waals surface area contributed by atoms with Crippen molar-refractivity contribution in [2.75, 3.05) is 0 Å². The van der Waals surface area contributed by atoms with E-state index >= 15 is 0 Å². The Morgan fingerprint density at radius 2 is 1.79 bits per heavy atom. The first kappa shape index (κ1) is 13.7. The number of aromatic amines is 1. The summed E-state index contributed by atoms with van der Waals surface area (Å²) in [4.78, 5) is 8.90. The van der Waals surface area contributed by atoms with Crippen molar-refractivity contribution >= 4 is 0 Å². The van der Waals surface area contributed by atoms with Crippen molar-refractivity contribution in [2.24, 2.45) is 5.41 Å². The van der Waals surface area contributed by atoms with Crippen LogP contribution in [0.4, 0.5) is 0 Å². The van der Waals surface area contributed by atoms with Crippen LogP contribution < -0.4 is 0 Å². The van der Waals surface area contributed by atoms with Crippen molar-refractivity contribution in [3.8, 4) is 11.5 Å². The molecule has 2 aromatic rings. The van der Waals surface area contributed by atoms with Crippen molar-refractivity contribution in [1.29, 1.82) is 0 Å². The predicted molar refractivity (Wildman–Crippen MR) is 76.9 cm³/mol. The molecular formula is C15H22N4. The topological polar surface area (TPSA) is 54.5 Å². The van der Waals surface area contributed by atoms with Gasteiger partial charge in [0, 0.05) is 23.7 Å². The van der Waals surface area contributed by atoms with Gasteiger partial charge in [-0.15, -0.1) is 0 Å². The number of nitrogens with zero attached hydrogens (tertiary/aromatic N) is 3. The van der Waals surface area contributed by atoms with Gasteiger partial charge < -0.3 is 0 Å². The number of nitrogens with one attached hydrogen (secondary N) is 1. The van der Waals surface area contributed by atoms with Gasteiger partial charge in [0.15, 0.2) is 5.82 Å². The smallest absolute Gasteiger partial charge is 0.180 e. The summed E-state index contributed by atoms with van der Waals surface area (Å²) >= 11 is 0. The molecule has 0 saturated carbocycles. The van der Waals surface area contributed by atoms with Gasteiger partial charge in [-0.05, 0) is 30.7 Å². The predicted octanol–water partition coefficient (Wildman–Crippen LogP) is 3.33. The van der Waals surface area contributed by atoms with Crippen molar-refractivity contribution in [2.45, 2.75) is 47.5 Å². The lowest BCUT2D eigenvalue weighted by atomic mass is 9.89. The highest BCUT2D eigenvalue weighted by atomic mass is 15.1. The Kier molecular flexibility index (Phi) is 3.69. The molecule has 0 aromatic carbocycles. The highest BCUT2D eigenvalue weighted by Gasteiger charge is 2.14. The molecule has 4 heteroatoms. The van der Waals surface area contributed by atoms with E-state index in [-0.39, 0.29) is 5.41 Å². The Morgan fingerprint density at radius 3 is 2.26 bits per heavy atom. The SMILES string of the molecule is CCc1[nH]nc(-c2ncc(CC(C)(C)C)cn2)c1C. The minimum Gasteiger partial charge on any atom is -0.282 e. The van der Waals surface area contributed by atoms with Crippen molar-refractivity contribution in [3.05, 3.63) is 29.2 Å². The van der Waals surface area contributed by atoms with Gasteiger partial charge >= 0.3 is 0 Å². The number of aromatic nitrogens is 4. The van der Waals surface area contributed by atoms with E-state index in [0.717, 1.165) is 29.8 Å². The number of hydrogen-bond donors (Lipinski definition) is 1. The minimum absolute atomic E-state index is 0.252. The third kappa shape index (κ3) is 3.19. The molecule has 0 aliphatic rings. The molecule has 1 N–H and O–H groups in total. The van der Waals surface area contributed by atoms with Crippen LogP contribution in [0.5, 0.6) is 0 Å². The van der Waals surface area contributed by atoms with Crippen LogP contribution in [0.1, 0.15) is 44.5 Å². The Labute approximate surface area is 114 Å². The second-order valence-corrected chi connectivity index (χ2v) is 6.18. The molecule has 0 radical (unpaired) electrons. The lowest BCUT2D eigenvalue weighted by Crippen LogP contribution is -2.09. The Balaban J connectivity index is 2.25. The fourth-order valence-corrected chi connectivity index (χ4v) is 2.18. The normalized spacial score (nSPS) is 11.8. The molecule has 0 amide bonds. The average Bonchev–Trinajstić information content (AvgIpc) is 2.69. The quantitative estimate of drug-likeness (QED) is 0.918. The highest BCUT2D eigenvalue weighted by Crippen LogP contribution is 2.22. The van der Waals surface area contributed by atoms with Gasteiger partial charge in [-0.3, -0.25) is 5.10 Å². The van der Waals surface area contributed by atoms with E-state index in [1.807, 2.05) is 12.4 Å². The fourth-order valence-electron chi connectivity index (χ4n) is 2.18. The van der Waals surface area contributed by atoms with Gasteiger partial charge in [-0.2, -0.15) is 5.10 Å². The number of rotatable bonds is 3. The van der Waals surface area contributed by atoms with Crippen LogP contribution in [0.15, 0.2) is 12.4 Å². The maximum absolute atomic E-state index is 4.45. The molecular weight excluding hydrogens is 236 g/mol. The van der Waals surface area contributed by atoms with Crippen LogP contribution in [0.2, 0.25) is 0 Å². The molecule has 0 saturated heterocycles. The zero-order chi connectivity index (χ0) is 14.0. The van der Waals surface area contributed by atoms with Crippen molar-refractivity contribution < 1.29 is 0 Å². The van der Waals surface area contributed by atoms with E-state index < -0.39 is 0 Å². The standard InChI is InChI=1S/C15H22N4/c1-6-12-10(2)13(19-18-12)14-16-8-11(9-17-14)7-15(3,4)5/h8-9H,6-7H2,1-5H3,(H,18,19). The minimum atomic E-state index is 0.252. The molecule has 19 heavy (non-hydrogen) atoms. The second-order valence-electron chi connectivity index (χ2n) is 6.18. The largest absolute Gasteiger partial charge is 0.282 e. The highest BCUT2D eigenvalue weighted by molar-refractivity contribution is 5.55. The molecule has 0 aliphatic heterocycles.